The molecule has 6 nitrogen and oxygen atoms in total. The highest BCUT2D eigenvalue weighted by Gasteiger charge is 2.26. The summed E-state index contributed by atoms with van der Waals surface area (Å²) in [5.41, 5.74) is 5.29. The molecule has 0 spiro atoms. The average Bonchev–Trinajstić information content (AvgIpc) is 3.21. The molecule has 7 heteroatoms. The van der Waals surface area contributed by atoms with Crippen LogP contribution in [0.1, 0.15) is 42.5 Å². The van der Waals surface area contributed by atoms with E-state index in [1.165, 1.54) is 34.1 Å². The highest BCUT2D eigenvalue weighted by molar-refractivity contribution is 9.10. The third-order valence-corrected chi connectivity index (χ3v) is 7.67. The van der Waals surface area contributed by atoms with E-state index in [4.69, 9.17) is 4.74 Å². The van der Waals surface area contributed by atoms with Gasteiger partial charge in [-0.3, -0.25) is 9.69 Å². The molecular weight excluding hydrogens is 494 g/mol. The van der Waals surface area contributed by atoms with Gasteiger partial charge in [-0.1, -0.05) is 28.1 Å². The maximum atomic E-state index is 11.5. The van der Waals surface area contributed by atoms with Crippen LogP contribution >= 0.6 is 15.9 Å². The second-order valence-electron chi connectivity index (χ2n) is 9.49. The standard InChI is InChI=1S/C27H32BrN3O3/c1-18(32)31-13-11-30(12-14-31)16-21(33)17-34-22-8-5-19(6-9-22)23-3-2-4-24-25-15-20(28)7-10-26(25)29-27(23)24/h5-10,15,21,23,29,33H,2-4,11-14,16-17H2,1H3. The number of halogens is 1. The topological polar surface area (TPSA) is 68.8 Å². The molecule has 5 rings (SSSR count). The van der Waals surface area contributed by atoms with Crippen LogP contribution in [0.2, 0.25) is 0 Å². The summed E-state index contributed by atoms with van der Waals surface area (Å²) in [4.78, 5) is 19.2. The number of nitrogens with one attached hydrogen (secondary N) is 1. The number of carbonyl (C=O) groups excluding carboxylic acids is 1. The molecule has 1 saturated heterocycles. The summed E-state index contributed by atoms with van der Waals surface area (Å²) < 4.78 is 7.00. The van der Waals surface area contributed by atoms with Gasteiger partial charge in [0.05, 0.1) is 0 Å². The number of hydrogen-bond donors (Lipinski definition) is 2. The van der Waals surface area contributed by atoms with E-state index in [9.17, 15) is 9.90 Å². The molecule has 1 aliphatic heterocycles. The van der Waals surface area contributed by atoms with Gasteiger partial charge in [0.1, 0.15) is 18.5 Å². The minimum atomic E-state index is -0.560. The zero-order valence-electron chi connectivity index (χ0n) is 19.6. The first-order valence-corrected chi connectivity index (χ1v) is 13.0. The lowest BCUT2D eigenvalue weighted by Gasteiger charge is -2.35. The highest BCUT2D eigenvalue weighted by Crippen LogP contribution is 2.40. The first-order valence-electron chi connectivity index (χ1n) is 12.2. The molecule has 34 heavy (non-hydrogen) atoms. The van der Waals surface area contributed by atoms with Gasteiger partial charge in [-0.2, -0.15) is 0 Å². The highest BCUT2D eigenvalue weighted by atomic mass is 79.9. The summed E-state index contributed by atoms with van der Waals surface area (Å²) in [7, 11) is 0. The third-order valence-electron chi connectivity index (χ3n) is 7.18. The lowest BCUT2D eigenvalue weighted by molar-refractivity contribution is -0.130. The fourth-order valence-electron chi connectivity index (χ4n) is 5.35. The fraction of sp³-hybridized carbons (Fsp3) is 0.444. The molecule has 2 unspecified atom stereocenters. The van der Waals surface area contributed by atoms with E-state index in [1.54, 1.807) is 6.92 Å². The predicted octanol–water partition coefficient (Wildman–Crippen LogP) is 4.30. The Morgan fingerprint density at radius 2 is 1.94 bits per heavy atom. The molecule has 0 radical (unpaired) electrons. The van der Waals surface area contributed by atoms with E-state index < -0.39 is 6.10 Å². The number of β-amino-alcohol motifs (C(OH)–C–C–N with tert-alkyl or cyclic N) is 1. The molecular formula is C27H32BrN3O3. The fourth-order valence-corrected chi connectivity index (χ4v) is 5.71. The number of carbonyl (C=O) groups is 1. The SMILES string of the molecule is CC(=O)N1CCN(CC(O)COc2ccc(C3CCCc4c3[nH]c3ccc(Br)cc43)cc2)CC1. The quantitative estimate of drug-likeness (QED) is 0.503. The van der Waals surface area contributed by atoms with Crippen molar-refractivity contribution in [3.63, 3.8) is 0 Å². The molecule has 3 aromatic rings. The number of nitrogens with zero attached hydrogens (tertiary/aromatic N) is 2. The monoisotopic (exact) mass is 525 g/mol. The number of hydrogen-bond acceptors (Lipinski definition) is 4. The van der Waals surface area contributed by atoms with Crippen LogP contribution in [0.3, 0.4) is 0 Å². The van der Waals surface area contributed by atoms with Gasteiger partial charge in [-0.05, 0) is 60.7 Å². The van der Waals surface area contributed by atoms with Crippen LogP contribution in [-0.4, -0.2) is 71.2 Å². The zero-order valence-corrected chi connectivity index (χ0v) is 21.2. The minimum Gasteiger partial charge on any atom is -0.491 e. The number of H-pyrrole nitrogens is 1. The van der Waals surface area contributed by atoms with Gasteiger partial charge in [-0.15, -0.1) is 0 Å². The Hall–Kier alpha value is -2.35. The second-order valence-corrected chi connectivity index (χ2v) is 10.4. The molecule has 2 N–H and O–H groups in total. The van der Waals surface area contributed by atoms with Gasteiger partial charge in [-0.25, -0.2) is 0 Å². The largest absolute Gasteiger partial charge is 0.491 e. The van der Waals surface area contributed by atoms with Crippen molar-refractivity contribution in [1.29, 1.82) is 0 Å². The molecule has 2 aliphatic rings. The van der Waals surface area contributed by atoms with Crippen molar-refractivity contribution in [3.8, 4) is 5.75 Å². The van der Waals surface area contributed by atoms with Gasteiger partial charge in [0, 0.05) is 66.6 Å². The van der Waals surface area contributed by atoms with Crippen molar-refractivity contribution in [2.45, 2.75) is 38.2 Å². The summed E-state index contributed by atoms with van der Waals surface area (Å²) in [6.07, 6.45) is 2.87. The Bertz CT molecular complexity index is 1150. The number of ether oxygens (including phenoxy) is 1. The van der Waals surface area contributed by atoms with Crippen LogP contribution in [-0.2, 0) is 11.2 Å². The maximum absolute atomic E-state index is 11.5. The lowest BCUT2D eigenvalue weighted by Crippen LogP contribution is -2.50. The first kappa shape index (κ1) is 23.4. The summed E-state index contributed by atoms with van der Waals surface area (Å²) in [5, 5.41) is 11.8. The van der Waals surface area contributed by atoms with Crippen molar-refractivity contribution in [2.75, 3.05) is 39.3 Å². The number of piperazine rings is 1. The van der Waals surface area contributed by atoms with Crippen LogP contribution in [0.25, 0.3) is 10.9 Å². The number of rotatable bonds is 6. The van der Waals surface area contributed by atoms with Crippen LogP contribution in [0.15, 0.2) is 46.9 Å². The maximum Gasteiger partial charge on any atom is 0.219 e. The Balaban J connectivity index is 1.18. The Morgan fingerprint density at radius 3 is 2.68 bits per heavy atom. The Labute approximate surface area is 209 Å². The number of fused-ring (bicyclic) bond motifs is 3. The smallest absolute Gasteiger partial charge is 0.219 e. The summed E-state index contributed by atoms with van der Waals surface area (Å²) in [6.45, 7) is 5.46. The Morgan fingerprint density at radius 1 is 1.18 bits per heavy atom. The van der Waals surface area contributed by atoms with Crippen molar-refractivity contribution in [1.82, 2.24) is 14.8 Å². The number of aromatic amines is 1. The van der Waals surface area contributed by atoms with E-state index in [0.717, 1.165) is 49.2 Å². The van der Waals surface area contributed by atoms with Gasteiger partial charge in [0.25, 0.3) is 0 Å². The molecule has 2 atom stereocenters. The number of aromatic nitrogens is 1. The van der Waals surface area contributed by atoms with Crippen LogP contribution < -0.4 is 4.74 Å². The number of benzene rings is 2. The summed E-state index contributed by atoms with van der Waals surface area (Å²) in [6, 6.07) is 14.8. The molecule has 2 heterocycles. The zero-order chi connectivity index (χ0) is 23.7. The molecule has 180 valence electrons. The Kier molecular flexibility index (Phi) is 6.95. The molecule has 1 aliphatic carbocycles. The van der Waals surface area contributed by atoms with E-state index in [0.29, 0.717) is 12.5 Å². The van der Waals surface area contributed by atoms with Crippen molar-refractivity contribution in [2.24, 2.45) is 0 Å². The van der Waals surface area contributed by atoms with Gasteiger partial charge >= 0.3 is 0 Å². The number of aliphatic hydroxyl groups is 1. The van der Waals surface area contributed by atoms with E-state index in [1.807, 2.05) is 17.0 Å². The van der Waals surface area contributed by atoms with Crippen molar-refractivity contribution in [3.05, 3.63) is 63.8 Å². The van der Waals surface area contributed by atoms with Gasteiger partial charge < -0.3 is 19.7 Å². The molecule has 1 amide bonds. The number of aliphatic hydroxyl groups excluding tert-OH is 1. The van der Waals surface area contributed by atoms with Crippen LogP contribution in [0.4, 0.5) is 0 Å². The van der Waals surface area contributed by atoms with Crippen LogP contribution in [0.5, 0.6) is 5.75 Å². The van der Waals surface area contributed by atoms with E-state index in [2.05, 4.69) is 56.1 Å². The van der Waals surface area contributed by atoms with Crippen molar-refractivity contribution < 1.29 is 14.6 Å². The van der Waals surface area contributed by atoms with E-state index in [-0.39, 0.29) is 12.5 Å². The van der Waals surface area contributed by atoms with Gasteiger partial charge in [0.15, 0.2) is 0 Å². The molecule has 0 saturated carbocycles. The summed E-state index contributed by atoms with van der Waals surface area (Å²) in [5.74, 6) is 1.26. The lowest BCUT2D eigenvalue weighted by atomic mass is 9.82. The number of aryl methyl sites for hydroxylation is 1. The van der Waals surface area contributed by atoms with Crippen LogP contribution in [0, 0.1) is 0 Å². The molecule has 1 fully saturated rings. The van der Waals surface area contributed by atoms with Crippen molar-refractivity contribution >= 4 is 32.7 Å². The van der Waals surface area contributed by atoms with E-state index >= 15 is 0 Å². The molecule has 0 bridgehead atoms. The first-order chi connectivity index (χ1) is 16.5. The molecule has 1 aromatic heterocycles. The average molecular weight is 526 g/mol. The predicted molar refractivity (Wildman–Crippen MR) is 137 cm³/mol. The normalized spacial score (nSPS) is 19.7. The molecule has 2 aromatic carbocycles. The summed E-state index contributed by atoms with van der Waals surface area (Å²) >= 11 is 3.61. The second kappa shape index (κ2) is 10.1. The number of amides is 1. The minimum absolute atomic E-state index is 0.119. The third kappa shape index (κ3) is 5.02. The van der Waals surface area contributed by atoms with Gasteiger partial charge in [0.2, 0.25) is 5.91 Å².